The van der Waals surface area contributed by atoms with Crippen LogP contribution >= 0.6 is 11.3 Å². The molecule has 1 fully saturated rings. The van der Waals surface area contributed by atoms with E-state index in [1.165, 1.54) is 18.4 Å². The van der Waals surface area contributed by atoms with E-state index in [0.717, 1.165) is 15.3 Å². The molecule has 0 bridgehead atoms. The molecule has 0 radical (unpaired) electrons. The van der Waals surface area contributed by atoms with Gasteiger partial charge in [-0.2, -0.15) is 0 Å². The van der Waals surface area contributed by atoms with Gasteiger partial charge in [0.05, 0.1) is 22.9 Å². The number of aromatic nitrogens is 1. The number of esters is 1. The predicted octanol–water partition coefficient (Wildman–Crippen LogP) is 3.14. The number of carbonyl (C=O) groups excluding carboxylic acids is 2. The quantitative estimate of drug-likeness (QED) is 0.749. The van der Waals surface area contributed by atoms with E-state index >= 15 is 0 Å². The molecule has 0 unspecified atom stereocenters. The maximum absolute atomic E-state index is 12.2. The van der Waals surface area contributed by atoms with Gasteiger partial charge in [0.15, 0.2) is 5.13 Å². The summed E-state index contributed by atoms with van der Waals surface area (Å²) in [6.07, 6.45) is -0.274. The molecule has 1 aliphatic rings. The molecule has 2 heterocycles. The van der Waals surface area contributed by atoms with Crippen LogP contribution in [0.15, 0.2) is 18.2 Å². The minimum atomic E-state index is -0.488. The van der Waals surface area contributed by atoms with Crippen molar-refractivity contribution in [2.24, 2.45) is 0 Å². The molecule has 0 spiro atoms. The number of carbonyl (C=O) groups is 2. The highest BCUT2D eigenvalue weighted by molar-refractivity contribution is 7.22. The minimum absolute atomic E-state index is 0.274. The number of ether oxygens (including phenoxy) is 2. The Kier molecular flexibility index (Phi) is 5.04. The summed E-state index contributed by atoms with van der Waals surface area (Å²) in [5.74, 6) is -0.354. The van der Waals surface area contributed by atoms with E-state index in [4.69, 9.17) is 9.47 Å². The SMILES string of the molecule is COC(=O)c1ccc2nc(N3CCN(C(=O)OC(C)(C)C)CC3)sc2c1. The van der Waals surface area contributed by atoms with Crippen molar-refractivity contribution in [2.45, 2.75) is 26.4 Å². The van der Waals surface area contributed by atoms with Crippen LogP contribution in [-0.2, 0) is 9.47 Å². The van der Waals surface area contributed by atoms with Crippen LogP contribution in [-0.4, -0.2) is 60.8 Å². The van der Waals surface area contributed by atoms with E-state index in [9.17, 15) is 9.59 Å². The molecular weight excluding hydrogens is 354 g/mol. The van der Waals surface area contributed by atoms with Gasteiger partial charge in [0.1, 0.15) is 5.60 Å². The average Bonchev–Trinajstić information content (AvgIpc) is 3.02. The Morgan fingerprint density at radius 2 is 1.85 bits per heavy atom. The Morgan fingerprint density at radius 3 is 2.46 bits per heavy atom. The number of nitrogens with zero attached hydrogens (tertiary/aromatic N) is 3. The van der Waals surface area contributed by atoms with E-state index < -0.39 is 5.60 Å². The molecule has 0 atom stereocenters. The Bertz CT molecular complexity index is 819. The lowest BCUT2D eigenvalue weighted by Gasteiger charge is -2.35. The van der Waals surface area contributed by atoms with Crippen LogP contribution in [0.5, 0.6) is 0 Å². The molecule has 1 saturated heterocycles. The molecule has 140 valence electrons. The fourth-order valence-corrected chi connectivity index (χ4v) is 3.76. The number of hydrogen-bond donors (Lipinski definition) is 0. The second-order valence-electron chi connectivity index (χ2n) is 7.12. The monoisotopic (exact) mass is 377 g/mol. The van der Waals surface area contributed by atoms with Crippen molar-refractivity contribution in [3.63, 3.8) is 0 Å². The average molecular weight is 377 g/mol. The van der Waals surface area contributed by atoms with Gasteiger partial charge in [-0.1, -0.05) is 11.3 Å². The van der Waals surface area contributed by atoms with Crippen LogP contribution in [0.1, 0.15) is 31.1 Å². The van der Waals surface area contributed by atoms with Gasteiger partial charge in [0, 0.05) is 26.2 Å². The van der Waals surface area contributed by atoms with E-state index in [-0.39, 0.29) is 12.1 Å². The first-order valence-electron chi connectivity index (χ1n) is 8.48. The van der Waals surface area contributed by atoms with Gasteiger partial charge in [-0.05, 0) is 39.0 Å². The number of methoxy groups -OCH3 is 1. The van der Waals surface area contributed by atoms with Crippen molar-refractivity contribution in [3.8, 4) is 0 Å². The van der Waals surface area contributed by atoms with Gasteiger partial charge < -0.3 is 19.3 Å². The number of amides is 1. The van der Waals surface area contributed by atoms with Crippen molar-refractivity contribution in [3.05, 3.63) is 23.8 Å². The molecule has 0 saturated carbocycles. The van der Waals surface area contributed by atoms with Gasteiger partial charge in [0.2, 0.25) is 0 Å². The standard InChI is InChI=1S/C18H23N3O4S/c1-18(2,3)25-17(23)21-9-7-20(8-10-21)16-19-13-6-5-12(15(22)24-4)11-14(13)26-16/h5-6,11H,7-10H2,1-4H3. The number of piperazine rings is 1. The minimum Gasteiger partial charge on any atom is -0.465 e. The molecule has 1 aliphatic heterocycles. The third kappa shape index (κ3) is 4.07. The zero-order valence-corrected chi connectivity index (χ0v) is 16.3. The number of thiazole rings is 1. The van der Waals surface area contributed by atoms with Crippen LogP contribution in [0, 0.1) is 0 Å². The second kappa shape index (κ2) is 7.11. The summed E-state index contributed by atoms with van der Waals surface area (Å²) in [7, 11) is 1.37. The van der Waals surface area contributed by atoms with E-state index in [1.807, 2.05) is 26.8 Å². The Hall–Kier alpha value is -2.35. The molecule has 3 rings (SSSR count). The van der Waals surface area contributed by atoms with Crippen LogP contribution < -0.4 is 4.90 Å². The Morgan fingerprint density at radius 1 is 1.15 bits per heavy atom. The highest BCUT2D eigenvalue weighted by Gasteiger charge is 2.27. The van der Waals surface area contributed by atoms with Gasteiger partial charge in [-0.15, -0.1) is 0 Å². The van der Waals surface area contributed by atoms with Crippen molar-refractivity contribution >= 4 is 38.7 Å². The first-order valence-corrected chi connectivity index (χ1v) is 9.30. The fourth-order valence-electron chi connectivity index (χ4n) is 2.70. The first-order chi connectivity index (χ1) is 12.3. The molecule has 2 aromatic rings. The number of fused-ring (bicyclic) bond motifs is 1. The van der Waals surface area contributed by atoms with Gasteiger partial charge in [-0.25, -0.2) is 14.6 Å². The van der Waals surface area contributed by atoms with E-state index in [2.05, 4.69) is 9.88 Å². The summed E-state index contributed by atoms with van der Waals surface area (Å²) in [4.78, 5) is 32.4. The summed E-state index contributed by atoms with van der Waals surface area (Å²) in [6, 6.07) is 5.36. The second-order valence-corrected chi connectivity index (χ2v) is 8.13. The van der Waals surface area contributed by atoms with E-state index in [0.29, 0.717) is 31.7 Å². The van der Waals surface area contributed by atoms with Crippen LogP contribution in [0.3, 0.4) is 0 Å². The summed E-state index contributed by atoms with van der Waals surface area (Å²) in [5, 5.41) is 0.894. The predicted molar refractivity (Wildman–Crippen MR) is 101 cm³/mol. The summed E-state index contributed by atoms with van der Waals surface area (Å²) < 4.78 is 11.1. The zero-order chi connectivity index (χ0) is 18.9. The maximum Gasteiger partial charge on any atom is 0.410 e. The van der Waals surface area contributed by atoms with Gasteiger partial charge >= 0.3 is 12.1 Å². The summed E-state index contributed by atoms with van der Waals surface area (Å²) in [5.41, 5.74) is 0.885. The third-order valence-corrected chi connectivity index (χ3v) is 5.08. The largest absolute Gasteiger partial charge is 0.465 e. The number of benzene rings is 1. The van der Waals surface area contributed by atoms with Crippen molar-refractivity contribution in [1.29, 1.82) is 0 Å². The lowest BCUT2D eigenvalue weighted by molar-refractivity contribution is 0.0240. The van der Waals surface area contributed by atoms with Crippen LogP contribution in [0.25, 0.3) is 10.2 Å². The molecule has 1 amide bonds. The normalized spacial score (nSPS) is 15.2. The van der Waals surface area contributed by atoms with Crippen LogP contribution in [0.2, 0.25) is 0 Å². The van der Waals surface area contributed by atoms with Gasteiger partial charge in [-0.3, -0.25) is 0 Å². The molecule has 0 N–H and O–H groups in total. The molecule has 26 heavy (non-hydrogen) atoms. The third-order valence-electron chi connectivity index (χ3n) is 4.00. The smallest absolute Gasteiger partial charge is 0.410 e. The number of anilines is 1. The summed E-state index contributed by atoms with van der Waals surface area (Å²) >= 11 is 1.54. The highest BCUT2D eigenvalue weighted by Crippen LogP contribution is 2.30. The number of hydrogen-bond acceptors (Lipinski definition) is 7. The van der Waals surface area contributed by atoms with Crippen LogP contribution in [0.4, 0.5) is 9.93 Å². The number of rotatable bonds is 2. The Labute approximate surface area is 156 Å². The van der Waals surface area contributed by atoms with E-state index in [1.54, 1.807) is 17.0 Å². The van der Waals surface area contributed by atoms with Crippen molar-refractivity contribution < 1.29 is 19.1 Å². The maximum atomic E-state index is 12.2. The van der Waals surface area contributed by atoms with Crippen molar-refractivity contribution in [2.75, 3.05) is 38.2 Å². The molecule has 8 heteroatoms. The highest BCUT2D eigenvalue weighted by atomic mass is 32.1. The molecule has 1 aromatic heterocycles. The topological polar surface area (TPSA) is 72.0 Å². The zero-order valence-electron chi connectivity index (χ0n) is 15.4. The molecular formula is C18H23N3O4S. The summed E-state index contributed by atoms with van der Waals surface area (Å²) in [6.45, 7) is 8.18. The lowest BCUT2D eigenvalue weighted by atomic mass is 10.2. The fraction of sp³-hybridized carbons (Fsp3) is 0.500. The van der Waals surface area contributed by atoms with Crippen molar-refractivity contribution in [1.82, 2.24) is 9.88 Å². The first kappa shape index (κ1) is 18.4. The molecule has 0 aliphatic carbocycles. The Balaban J connectivity index is 1.67. The molecule has 7 nitrogen and oxygen atoms in total. The lowest BCUT2D eigenvalue weighted by Crippen LogP contribution is -2.50. The molecule has 1 aromatic carbocycles. The van der Waals surface area contributed by atoms with Gasteiger partial charge in [0.25, 0.3) is 0 Å².